The molecule has 0 bridgehead atoms. The normalized spacial score (nSPS) is 11.8. The van der Waals surface area contributed by atoms with Gasteiger partial charge in [0.1, 0.15) is 11.9 Å². The van der Waals surface area contributed by atoms with E-state index >= 15 is 0 Å². The van der Waals surface area contributed by atoms with E-state index in [-0.39, 0.29) is 12.0 Å². The van der Waals surface area contributed by atoms with Crippen molar-refractivity contribution >= 4 is 17.6 Å². The highest BCUT2D eigenvalue weighted by Crippen LogP contribution is 2.20. The summed E-state index contributed by atoms with van der Waals surface area (Å²) in [5.41, 5.74) is -0.336. The van der Waals surface area contributed by atoms with Gasteiger partial charge in [0.25, 0.3) is 0 Å². The van der Waals surface area contributed by atoms with Gasteiger partial charge in [0, 0.05) is 13.3 Å². The Bertz CT molecular complexity index is 492. The van der Waals surface area contributed by atoms with Crippen molar-refractivity contribution in [1.29, 1.82) is 0 Å². The summed E-state index contributed by atoms with van der Waals surface area (Å²) in [6.07, 6.45) is -0.143. The van der Waals surface area contributed by atoms with Crippen molar-refractivity contribution < 1.29 is 24.3 Å². The minimum Gasteiger partial charge on any atom is -0.733 e. The first kappa shape index (κ1) is 14.9. The zero-order valence-electron chi connectivity index (χ0n) is 9.96. The van der Waals surface area contributed by atoms with E-state index < -0.39 is 34.6 Å². The molecule has 1 aromatic rings. The number of nitrogens with zero attached hydrogens (tertiary/aromatic N) is 1. The van der Waals surface area contributed by atoms with Crippen molar-refractivity contribution in [2.24, 2.45) is 0 Å². The highest BCUT2D eigenvalue weighted by molar-refractivity contribution is 5.82. The van der Waals surface area contributed by atoms with Gasteiger partial charge in [0.15, 0.2) is 0 Å². The van der Waals surface area contributed by atoms with E-state index in [0.717, 1.165) is 12.1 Å². The minimum atomic E-state index is -1.26. The Labute approximate surface area is 107 Å². The second-order valence-electron chi connectivity index (χ2n) is 3.85. The summed E-state index contributed by atoms with van der Waals surface area (Å²) in [7, 11) is 0. The Morgan fingerprint density at radius 2 is 2.16 bits per heavy atom. The number of anilines is 1. The minimum absolute atomic E-state index is 0.143. The van der Waals surface area contributed by atoms with Crippen molar-refractivity contribution in [3.8, 4) is 0 Å². The van der Waals surface area contributed by atoms with Gasteiger partial charge in [-0.15, -0.1) is 0 Å². The van der Waals surface area contributed by atoms with Crippen LogP contribution in [0.1, 0.15) is 12.5 Å². The third kappa shape index (κ3) is 4.19. The maximum absolute atomic E-state index is 13.1. The quantitative estimate of drug-likeness (QED) is 0.678. The molecule has 0 saturated heterocycles. The van der Waals surface area contributed by atoms with Gasteiger partial charge in [0.05, 0.1) is 5.69 Å². The fourth-order valence-corrected chi connectivity index (χ4v) is 1.51. The predicted molar refractivity (Wildman–Crippen MR) is 63.0 cm³/mol. The number of carbonyl (C=O) groups is 2. The van der Waals surface area contributed by atoms with Crippen LogP contribution in [0.2, 0.25) is 0 Å². The molecule has 3 N–H and O–H groups in total. The molecule has 0 fully saturated rings. The standard InChI is InChI=1S/C11H12FN2O5/c1-6(15)13-9(11(16)17)4-7-2-3-8(12)10(5-7)14(18)19/h2-3,5,9,18H,4H2,1H3,(H,13,15)(H,16,17)/q-1/t9-/m1/s1. The predicted octanol–water partition coefficient (Wildman–Crippen LogP) is 0.651. The van der Waals surface area contributed by atoms with E-state index in [1.807, 2.05) is 0 Å². The molecule has 7 nitrogen and oxygen atoms in total. The first-order valence-electron chi connectivity index (χ1n) is 5.25. The highest BCUT2D eigenvalue weighted by atomic mass is 19.1. The molecule has 0 heterocycles. The van der Waals surface area contributed by atoms with Gasteiger partial charge >= 0.3 is 5.97 Å². The number of benzene rings is 1. The van der Waals surface area contributed by atoms with Crippen LogP contribution < -0.4 is 10.5 Å². The highest BCUT2D eigenvalue weighted by Gasteiger charge is 2.19. The number of carboxylic acid groups (broad SMARTS) is 1. The molecule has 1 amide bonds. The van der Waals surface area contributed by atoms with Crippen molar-refractivity contribution in [2.75, 3.05) is 5.23 Å². The number of hydrogen-bond donors (Lipinski definition) is 3. The van der Waals surface area contributed by atoms with Crippen LogP contribution in [0.5, 0.6) is 0 Å². The van der Waals surface area contributed by atoms with Gasteiger partial charge in [-0.05, 0) is 17.7 Å². The molecule has 1 rings (SSSR count). The van der Waals surface area contributed by atoms with Gasteiger partial charge in [0.2, 0.25) is 5.91 Å². The topological polar surface area (TPSA) is 113 Å². The fourth-order valence-electron chi connectivity index (χ4n) is 1.51. The van der Waals surface area contributed by atoms with Crippen molar-refractivity contribution in [3.63, 3.8) is 0 Å². The molecule has 0 aromatic heterocycles. The molecule has 0 aliphatic heterocycles. The van der Waals surface area contributed by atoms with E-state index in [9.17, 15) is 19.2 Å². The third-order valence-corrected chi connectivity index (χ3v) is 2.33. The Balaban J connectivity index is 2.94. The molecule has 0 spiro atoms. The van der Waals surface area contributed by atoms with Crippen LogP contribution in [0, 0.1) is 11.0 Å². The summed E-state index contributed by atoms with van der Waals surface area (Å²) in [5.74, 6) is -2.72. The van der Waals surface area contributed by atoms with Crippen LogP contribution in [0.25, 0.3) is 0 Å². The molecule has 1 atom stereocenters. The van der Waals surface area contributed by atoms with Crippen LogP contribution in [-0.2, 0) is 16.0 Å². The number of halogens is 1. The van der Waals surface area contributed by atoms with Gasteiger partial charge in [-0.1, -0.05) is 6.07 Å². The van der Waals surface area contributed by atoms with Gasteiger partial charge in [-0.3, -0.25) is 10.0 Å². The third-order valence-electron chi connectivity index (χ3n) is 2.33. The monoisotopic (exact) mass is 271 g/mol. The summed E-state index contributed by atoms with van der Waals surface area (Å²) in [6, 6.07) is 2.01. The van der Waals surface area contributed by atoms with Gasteiger partial charge < -0.3 is 20.9 Å². The first-order valence-corrected chi connectivity index (χ1v) is 5.25. The summed E-state index contributed by atoms with van der Waals surface area (Å²) >= 11 is 0. The van der Waals surface area contributed by atoms with Crippen LogP contribution in [0.4, 0.5) is 10.1 Å². The second kappa shape index (κ2) is 6.12. The number of hydrogen-bond acceptors (Lipinski definition) is 5. The lowest BCUT2D eigenvalue weighted by Gasteiger charge is -2.23. The van der Waals surface area contributed by atoms with Crippen molar-refractivity contribution in [3.05, 3.63) is 34.8 Å². The smallest absolute Gasteiger partial charge is 0.326 e. The van der Waals surface area contributed by atoms with Gasteiger partial charge in [-0.25, -0.2) is 9.18 Å². The van der Waals surface area contributed by atoms with E-state index in [0.29, 0.717) is 0 Å². The number of carbonyl (C=O) groups excluding carboxylic acids is 1. The molecule has 8 heteroatoms. The van der Waals surface area contributed by atoms with E-state index in [4.69, 9.17) is 10.3 Å². The average molecular weight is 271 g/mol. The molecule has 19 heavy (non-hydrogen) atoms. The summed E-state index contributed by atoms with van der Waals surface area (Å²) < 4.78 is 13.1. The zero-order chi connectivity index (χ0) is 14.6. The van der Waals surface area contributed by atoms with Crippen LogP contribution >= 0.6 is 0 Å². The molecule has 0 radical (unpaired) electrons. The summed E-state index contributed by atoms with van der Waals surface area (Å²) in [6.45, 7) is 1.17. The Kier molecular flexibility index (Phi) is 4.79. The second-order valence-corrected chi connectivity index (χ2v) is 3.85. The molecule has 0 unspecified atom stereocenters. The maximum atomic E-state index is 13.1. The lowest BCUT2D eigenvalue weighted by molar-refractivity contribution is -0.141. The lowest BCUT2D eigenvalue weighted by atomic mass is 10.1. The molecule has 0 aliphatic rings. The Morgan fingerprint density at radius 1 is 1.53 bits per heavy atom. The lowest BCUT2D eigenvalue weighted by Crippen LogP contribution is -2.41. The summed E-state index contributed by atoms with van der Waals surface area (Å²) in [5, 5.41) is 29.8. The molecular formula is C11H12FN2O5-. The largest absolute Gasteiger partial charge is 0.733 e. The molecule has 104 valence electrons. The average Bonchev–Trinajstić information content (AvgIpc) is 2.29. The Morgan fingerprint density at radius 3 is 2.63 bits per heavy atom. The molecular weight excluding hydrogens is 259 g/mol. The van der Waals surface area contributed by atoms with Crippen LogP contribution in [0.15, 0.2) is 18.2 Å². The van der Waals surface area contributed by atoms with Crippen LogP contribution in [-0.4, -0.2) is 28.2 Å². The van der Waals surface area contributed by atoms with Gasteiger partial charge in [-0.2, -0.15) is 0 Å². The molecule has 1 aromatic carbocycles. The van der Waals surface area contributed by atoms with Crippen molar-refractivity contribution in [2.45, 2.75) is 19.4 Å². The Hall–Kier alpha value is -2.19. The van der Waals surface area contributed by atoms with Crippen molar-refractivity contribution in [1.82, 2.24) is 5.32 Å². The number of carboxylic acids is 1. The SMILES string of the molecule is CC(=O)N[C@H](Cc1ccc(F)c(N([O-])O)c1)C(=O)O. The van der Waals surface area contributed by atoms with Crippen LogP contribution in [0.3, 0.4) is 0 Å². The molecule has 0 saturated carbocycles. The van der Waals surface area contributed by atoms with E-state index in [2.05, 4.69) is 5.32 Å². The first-order chi connectivity index (χ1) is 8.81. The van der Waals surface area contributed by atoms with E-state index in [1.54, 1.807) is 0 Å². The number of rotatable bonds is 5. The zero-order valence-corrected chi connectivity index (χ0v) is 9.96. The number of amides is 1. The fraction of sp³-hybridized carbons (Fsp3) is 0.273. The summed E-state index contributed by atoms with van der Waals surface area (Å²) in [4.78, 5) is 21.8. The number of nitrogens with one attached hydrogen (secondary N) is 1. The number of aliphatic carboxylic acids is 1. The van der Waals surface area contributed by atoms with E-state index in [1.165, 1.54) is 13.0 Å². The maximum Gasteiger partial charge on any atom is 0.326 e. The molecule has 0 aliphatic carbocycles.